The van der Waals surface area contributed by atoms with E-state index in [4.69, 9.17) is 27.6 Å². The van der Waals surface area contributed by atoms with Crippen molar-refractivity contribution in [2.45, 2.75) is 39.7 Å². The predicted molar refractivity (Wildman–Crippen MR) is 143 cm³/mol. The number of oxazole rings is 1. The second-order valence-corrected chi connectivity index (χ2v) is 12.1. The van der Waals surface area contributed by atoms with Crippen LogP contribution in [0.25, 0.3) is 11.5 Å². The van der Waals surface area contributed by atoms with Gasteiger partial charge >= 0.3 is 0 Å². The van der Waals surface area contributed by atoms with Crippen molar-refractivity contribution in [1.29, 1.82) is 0 Å². The van der Waals surface area contributed by atoms with E-state index in [-0.39, 0.29) is 5.91 Å². The van der Waals surface area contributed by atoms with Gasteiger partial charge in [0.25, 0.3) is 5.91 Å². The first kappa shape index (κ1) is 25.4. The molecule has 0 bridgehead atoms. The van der Waals surface area contributed by atoms with Gasteiger partial charge in [-0.25, -0.2) is 14.6 Å². The Morgan fingerprint density at radius 2 is 2.00 bits per heavy atom. The summed E-state index contributed by atoms with van der Waals surface area (Å²) in [6, 6.07) is 5.08. The van der Waals surface area contributed by atoms with E-state index >= 15 is 0 Å². The summed E-state index contributed by atoms with van der Waals surface area (Å²) in [5.74, 6) is 1.11. The van der Waals surface area contributed by atoms with E-state index in [0.717, 1.165) is 39.4 Å². The fraction of sp³-hybridized carbons (Fsp3) is 0.375. The summed E-state index contributed by atoms with van der Waals surface area (Å²) in [5, 5.41) is 9.60. The van der Waals surface area contributed by atoms with E-state index in [0.29, 0.717) is 58.5 Å². The standard InChI is InChI=1S/C24H23BrCl2N6O2S/c1-13-20(36-24(25)28-13)12-33-11-17(30-31-33)9-15-5-7-32(8-6-15)23(34)21-14(2)35-22(29-21)18-4-3-16(26)10-19(18)27/h3-4,10-11,15H,5-9,12H2,1-2H3. The van der Waals surface area contributed by atoms with Crippen molar-refractivity contribution < 1.29 is 9.21 Å². The summed E-state index contributed by atoms with van der Waals surface area (Å²) in [4.78, 5) is 25.1. The number of rotatable bonds is 6. The molecule has 0 unspecified atom stereocenters. The summed E-state index contributed by atoms with van der Waals surface area (Å²) >= 11 is 17.3. The van der Waals surface area contributed by atoms with Crippen LogP contribution in [0.5, 0.6) is 0 Å². The third kappa shape index (κ3) is 5.51. The minimum atomic E-state index is -0.122. The molecule has 188 valence electrons. The van der Waals surface area contributed by atoms with Crippen LogP contribution < -0.4 is 0 Å². The molecule has 0 spiro atoms. The van der Waals surface area contributed by atoms with Crippen molar-refractivity contribution in [2.24, 2.45) is 5.92 Å². The molecule has 0 aliphatic carbocycles. The van der Waals surface area contributed by atoms with Crippen molar-refractivity contribution in [3.8, 4) is 11.5 Å². The molecule has 4 aromatic rings. The molecule has 1 amide bonds. The topological polar surface area (TPSA) is 89.9 Å². The zero-order chi connectivity index (χ0) is 25.4. The molecule has 12 heteroatoms. The number of aryl methyl sites for hydroxylation is 2. The Hall–Kier alpha value is -2.27. The summed E-state index contributed by atoms with van der Waals surface area (Å²) in [6.45, 7) is 5.73. The Labute approximate surface area is 230 Å². The molecule has 5 rings (SSSR count). The van der Waals surface area contributed by atoms with Gasteiger partial charge in [0.2, 0.25) is 5.89 Å². The molecule has 0 saturated carbocycles. The van der Waals surface area contributed by atoms with Crippen LogP contribution >= 0.6 is 50.5 Å². The normalized spacial score (nSPS) is 14.5. The van der Waals surface area contributed by atoms with Gasteiger partial charge in [-0.3, -0.25) is 4.79 Å². The number of nitrogens with zero attached hydrogens (tertiary/aromatic N) is 6. The van der Waals surface area contributed by atoms with Crippen LogP contribution in [0.3, 0.4) is 0 Å². The highest BCUT2D eigenvalue weighted by Gasteiger charge is 2.28. The molecule has 1 aliphatic rings. The van der Waals surface area contributed by atoms with Crippen molar-refractivity contribution in [1.82, 2.24) is 29.9 Å². The Morgan fingerprint density at radius 3 is 2.69 bits per heavy atom. The fourth-order valence-electron chi connectivity index (χ4n) is 4.35. The third-order valence-corrected chi connectivity index (χ3v) is 8.46. The number of carbonyl (C=O) groups is 1. The predicted octanol–water partition coefficient (Wildman–Crippen LogP) is 6.22. The zero-order valence-corrected chi connectivity index (χ0v) is 23.6. The first-order valence-corrected chi connectivity index (χ1v) is 13.9. The molecular formula is C24H23BrCl2N6O2S. The lowest BCUT2D eigenvalue weighted by Crippen LogP contribution is -2.39. The van der Waals surface area contributed by atoms with Crippen LogP contribution in [0.2, 0.25) is 10.0 Å². The molecule has 1 saturated heterocycles. The van der Waals surface area contributed by atoms with Crippen molar-refractivity contribution in [2.75, 3.05) is 13.1 Å². The number of carbonyl (C=O) groups excluding carboxylic acids is 1. The minimum Gasteiger partial charge on any atom is -0.441 e. The Kier molecular flexibility index (Phi) is 7.48. The largest absolute Gasteiger partial charge is 0.441 e. The highest BCUT2D eigenvalue weighted by Crippen LogP contribution is 2.32. The molecule has 3 aromatic heterocycles. The van der Waals surface area contributed by atoms with Crippen LogP contribution in [0.1, 0.15) is 45.4 Å². The van der Waals surface area contributed by atoms with Crippen LogP contribution in [-0.4, -0.2) is 48.9 Å². The number of hydrogen-bond donors (Lipinski definition) is 0. The van der Waals surface area contributed by atoms with E-state index in [1.807, 2.05) is 22.7 Å². The average Bonchev–Trinajstić information content (AvgIpc) is 3.53. The average molecular weight is 610 g/mol. The van der Waals surface area contributed by atoms with E-state index < -0.39 is 0 Å². The summed E-state index contributed by atoms with van der Waals surface area (Å²) < 4.78 is 8.51. The minimum absolute atomic E-state index is 0.122. The zero-order valence-electron chi connectivity index (χ0n) is 19.7. The second kappa shape index (κ2) is 10.6. The third-order valence-electron chi connectivity index (χ3n) is 6.32. The van der Waals surface area contributed by atoms with Crippen LogP contribution in [0.15, 0.2) is 32.7 Å². The molecule has 4 heterocycles. The highest BCUT2D eigenvalue weighted by atomic mass is 79.9. The highest BCUT2D eigenvalue weighted by molar-refractivity contribution is 9.11. The number of hydrogen-bond acceptors (Lipinski definition) is 7. The number of thiazole rings is 1. The number of aromatic nitrogens is 5. The van der Waals surface area contributed by atoms with Gasteiger partial charge in [-0.05, 0) is 73.2 Å². The van der Waals surface area contributed by atoms with E-state index in [9.17, 15) is 4.79 Å². The first-order chi connectivity index (χ1) is 17.3. The quantitative estimate of drug-likeness (QED) is 0.258. The van der Waals surface area contributed by atoms with Gasteiger partial charge in [-0.15, -0.1) is 16.4 Å². The van der Waals surface area contributed by atoms with Crippen LogP contribution in [0, 0.1) is 19.8 Å². The molecule has 0 atom stereocenters. The van der Waals surface area contributed by atoms with Gasteiger partial charge in [0.05, 0.1) is 33.4 Å². The maximum atomic E-state index is 13.2. The maximum absolute atomic E-state index is 13.2. The van der Waals surface area contributed by atoms with E-state index in [1.165, 1.54) is 0 Å². The van der Waals surface area contributed by atoms with Crippen LogP contribution in [0.4, 0.5) is 0 Å². The Bertz CT molecular complexity index is 1410. The number of piperidine rings is 1. The lowest BCUT2D eigenvalue weighted by molar-refractivity contribution is 0.0683. The van der Waals surface area contributed by atoms with Gasteiger partial charge < -0.3 is 9.32 Å². The van der Waals surface area contributed by atoms with Crippen molar-refractivity contribution in [3.63, 3.8) is 0 Å². The first-order valence-electron chi connectivity index (χ1n) is 11.5. The number of amides is 1. The smallest absolute Gasteiger partial charge is 0.276 e. The van der Waals surface area contributed by atoms with Gasteiger partial charge in [-0.2, -0.15) is 0 Å². The van der Waals surface area contributed by atoms with Gasteiger partial charge in [0, 0.05) is 24.3 Å². The van der Waals surface area contributed by atoms with E-state index in [1.54, 1.807) is 36.5 Å². The number of likely N-dealkylation sites (tertiary alicyclic amines) is 1. The molecule has 1 aromatic carbocycles. The molecule has 8 nitrogen and oxygen atoms in total. The van der Waals surface area contributed by atoms with Crippen LogP contribution in [-0.2, 0) is 13.0 Å². The SMILES string of the molecule is Cc1nc(Br)sc1Cn1cc(CC2CCN(C(=O)c3nc(-c4ccc(Cl)cc4Cl)oc3C)CC2)nn1. The molecule has 36 heavy (non-hydrogen) atoms. The van der Waals surface area contributed by atoms with Gasteiger partial charge in [0.1, 0.15) is 5.76 Å². The molecule has 0 N–H and O–H groups in total. The molecule has 0 radical (unpaired) electrons. The lowest BCUT2D eigenvalue weighted by Gasteiger charge is -2.31. The Morgan fingerprint density at radius 1 is 1.22 bits per heavy atom. The lowest BCUT2D eigenvalue weighted by atomic mass is 9.92. The molecule has 1 aliphatic heterocycles. The maximum Gasteiger partial charge on any atom is 0.276 e. The Balaban J connectivity index is 1.18. The van der Waals surface area contributed by atoms with Crippen molar-refractivity contribution >= 4 is 56.4 Å². The second-order valence-electron chi connectivity index (χ2n) is 8.87. The molecular weight excluding hydrogens is 587 g/mol. The van der Waals surface area contributed by atoms with Crippen molar-refractivity contribution in [3.05, 3.63) is 66.1 Å². The summed E-state index contributed by atoms with van der Waals surface area (Å²) in [5.41, 5.74) is 2.90. The fourth-order valence-corrected chi connectivity index (χ4v) is 6.47. The number of halogens is 3. The molecule has 1 fully saturated rings. The summed E-state index contributed by atoms with van der Waals surface area (Å²) in [7, 11) is 0. The van der Waals surface area contributed by atoms with Gasteiger partial charge in [-0.1, -0.05) is 28.4 Å². The number of benzene rings is 1. The summed E-state index contributed by atoms with van der Waals surface area (Å²) in [6.07, 6.45) is 4.64. The van der Waals surface area contributed by atoms with Gasteiger partial charge in [0.15, 0.2) is 9.61 Å². The monoisotopic (exact) mass is 608 g/mol. The van der Waals surface area contributed by atoms with E-state index in [2.05, 4.69) is 36.2 Å².